The van der Waals surface area contributed by atoms with Crippen LogP contribution < -0.4 is 10.6 Å². The zero-order valence-electron chi connectivity index (χ0n) is 16.4. The van der Waals surface area contributed by atoms with E-state index in [-0.39, 0.29) is 11.3 Å². The Hall–Kier alpha value is -1.11. The number of hydrogen-bond donors (Lipinski definition) is 0. The van der Waals surface area contributed by atoms with Crippen LogP contribution in [-0.2, 0) is 28.6 Å². The number of likely N-dealkylation sites (N-methyl/N-ethyl adjacent to an activating group) is 1. The summed E-state index contributed by atoms with van der Waals surface area (Å²) in [4.78, 5) is 17.2. The van der Waals surface area contributed by atoms with Crippen LogP contribution >= 0.6 is 11.6 Å². The normalized spacial score (nSPS) is 29.8. The van der Waals surface area contributed by atoms with Gasteiger partial charge >= 0.3 is 0 Å². The lowest BCUT2D eigenvalue weighted by molar-refractivity contribution is -0.131. The first-order valence-corrected chi connectivity index (χ1v) is 12.4. The zero-order valence-corrected chi connectivity index (χ0v) is 18.0. The molecule has 0 aromatic carbocycles. The van der Waals surface area contributed by atoms with Crippen molar-refractivity contribution in [2.45, 2.75) is 56.1 Å². The molecule has 3 aliphatic heterocycles. The van der Waals surface area contributed by atoms with Crippen molar-refractivity contribution in [3.63, 3.8) is 0 Å². The number of rotatable bonds is 3. The average molecular weight is 422 g/mol. The van der Waals surface area contributed by atoms with E-state index in [0.29, 0.717) is 43.1 Å². The largest absolute Gasteiger partial charge is 0.344 e. The number of alkyl halides is 1. The van der Waals surface area contributed by atoms with Gasteiger partial charge < -0.3 is 9.47 Å². The van der Waals surface area contributed by atoms with Crippen LogP contribution in [0.4, 0.5) is 0 Å². The Morgan fingerprint density at radius 3 is 2.86 bits per heavy atom. The Morgan fingerprint density at radius 1 is 1.29 bits per heavy atom. The molecular formula is C21H28ClN3O2S. The first-order chi connectivity index (χ1) is 13.5. The van der Waals surface area contributed by atoms with Gasteiger partial charge in [-0.2, -0.15) is 0 Å². The highest BCUT2D eigenvalue weighted by Gasteiger charge is 2.40. The standard InChI is InChI=1S/C21H28ClN3O2S/c1-23-15-3-5-18(23)21-16-12-14(22)2-4-17(16)25(19(21)13-15)7-6-20(26)24-8-10-28(27)11-9-24/h4,12,14-15,18H,2-3,5-11,13H2,1H3. The van der Waals surface area contributed by atoms with Crippen LogP contribution in [0.3, 0.4) is 0 Å². The molecule has 28 heavy (non-hydrogen) atoms. The second-order valence-corrected chi connectivity index (χ2v) is 10.8. The minimum atomic E-state index is -0.748. The van der Waals surface area contributed by atoms with Gasteiger partial charge in [0.15, 0.2) is 0 Å². The van der Waals surface area contributed by atoms with Gasteiger partial charge in [0, 0.05) is 83.1 Å². The molecule has 0 N–H and O–H groups in total. The Labute approximate surface area is 173 Å². The maximum atomic E-state index is 12.7. The van der Waals surface area contributed by atoms with E-state index in [2.05, 4.69) is 28.7 Å². The van der Waals surface area contributed by atoms with Gasteiger partial charge in [-0.1, -0.05) is 12.2 Å². The Kier molecular flexibility index (Phi) is 4.92. The van der Waals surface area contributed by atoms with Crippen molar-refractivity contribution in [2.24, 2.45) is 0 Å². The molecule has 1 aromatic heterocycles. The minimum Gasteiger partial charge on any atom is -0.344 e. The first kappa shape index (κ1) is 18.9. The molecule has 1 aliphatic carbocycles. The topological polar surface area (TPSA) is 45.6 Å². The van der Waals surface area contributed by atoms with E-state index in [1.807, 2.05) is 4.90 Å². The van der Waals surface area contributed by atoms with Crippen LogP contribution in [-0.4, -0.2) is 67.5 Å². The molecule has 152 valence electrons. The Balaban J connectivity index is 1.45. The molecule has 5 nitrogen and oxygen atoms in total. The fourth-order valence-electron chi connectivity index (χ4n) is 5.53. The van der Waals surface area contributed by atoms with Crippen molar-refractivity contribution in [3.05, 3.63) is 21.8 Å². The lowest BCUT2D eigenvalue weighted by Crippen LogP contribution is -2.42. The quantitative estimate of drug-likeness (QED) is 0.676. The molecule has 0 spiro atoms. The Morgan fingerprint density at radius 2 is 2.07 bits per heavy atom. The van der Waals surface area contributed by atoms with Crippen molar-refractivity contribution >= 4 is 40.5 Å². The van der Waals surface area contributed by atoms with Gasteiger partial charge in [-0.15, -0.1) is 11.6 Å². The number of aromatic nitrogens is 1. The molecule has 0 radical (unpaired) electrons. The molecule has 2 bridgehead atoms. The smallest absolute Gasteiger partial charge is 0.224 e. The van der Waals surface area contributed by atoms with E-state index in [0.717, 1.165) is 19.4 Å². The van der Waals surface area contributed by atoms with Gasteiger partial charge in [0.05, 0.1) is 5.38 Å². The van der Waals surface area contributed by atoms with Crippen LogP contribution in [0.2, 0.25) is 0 Å². The van der Waals surface area contributed by atoms with Gasteiger partial charge in [-0.05, 0) is 31.9 Å². The number of halogens is 1. The second-order valence-electron chi connectivity index (χ2n) is 8.53. The first-order valence-electron chi connectivity index (χ1n) is 10.4. The van der Waals surface area contributed by atoms with Crippen molar-refractivity contribution < 1.29 is 9.00 Å². The summed E-state index contributed by atoms with van der Waals surface area (Å²) in [6.07, 6.45) is 9.42. The molecule has 2 saturated heterocycles. The van der Waals surface area contributed by atoms with E-state index in [1.54, 1.807) is 0 Å². The number of hydrogen-bond acceptors (Lipinski definition) is 3. The fourth-order valence-corrected chi connectivity index (χ4v) is 6.79. The molecule has 0 saturated carbocycles. The fraction of sp³-hybridized carbons (Fsp3) is 0.667. The number of amides is 1. The summed E-state index contributed by atoms with van der Waals surface area (Å²) < 4.78 is 14.0. The van der Waals surface area contributed by atoms with E-state index < -0.39 is 10.8 Å². The molecule has 2 fully saturated rings. The Bertz CT molecular complexity index is 946. The molecule has 4 aliphatic rings. The molecular weight excluding hydrogens is 394 g/mol. The van der Waals surface area contributed by atoms with Gasteiger partial charge in [0.2, 0.25) is 5.91 Å². The summed E-state index contributed by atoms with van der Waals surface area (Å²) >= 11 is 6.48. The van der Waals surface area contributed by atoms with E-state index in [4.69, 9.17) is 11.6 Å². The monoisotopic (exact) mass is 421 g/mol. The average Bonchev–Trinajstić information content (AvgIpc) is 3.10. The van der Waals surface area contributed by atoms with E-state index in [1.165, 1.54) is 34.7 Å². The lowest BCUT2D eigenvalue weighted by atomic mass is 9.97. The second kappa shape index (κ2) is 7.29. The van der Waals surface area contributed by atoms with E-state index >= 15 is 0 Å². The van der Waals surface area contributed by atoms with Crippen LogP contribution in [0.5, 0.6) is 0 Å². The number of nitrogens with zero attached hydrogens (tertiary/aromatic N) is 3. The van der Waals surface area contributed by atoms with Gasteiger partial charge in [-0.25, -0.2) is 0 Å². The highest BCUT2D eigenvalue weighted by Crippen LogP contribution is 2.41. The van der Waals surface area contributed by atoms with Crippen LogP contribution in [0, 0.1) is 0 Å². The summed E-state index contributed by atoms with van der Waals surface area (Å²) in [5.41, 5.74) is 2.90. The lowest BCUT2D eigenvalue weighted by Gasteiger charge is -2.32. The maximum absolute atomic E-state index is 12.7. The van der Waals surface area contributed by atoms with Crippen molar-refractivity contribution in [1.82, 2.24) is 14.4 Å². The molecule has 1 amide bonds. The third-order valence-electron chi connectivity index (χ3n) is 7.06. The third kappa shape index (κ3) is 3.08. The van der Waals surface area contributed by atoms with E-state index in [9.17, 15) is 9.00 Å². The number of fused-ring (bicyclic) bond motifs is 6. The summed E-state index contributed by atoms with van der Waals surface area (Å²) in [5.74, 6) is 1.43. The minimum absolute atomic E-state index is 0.0627. The summed E-state index contributed by atoms with van der Waals surface area (Å²) in [7, 11) is 1.51. The van der Waals surface area contributed by atoms with Crippen molar-refractivity contribution in [1.29, 1.82) is 0 Å². The molecule has 3 atom stereocenters. The SMILES string of the molecule is CN1C2CCC1c1c(n(CCC(=O)N3CCS(=O)CC3)c3c1=CC(Cl)CC=3)C2. The van der Waals surface area contributed by atoms with Crippen LogP contribution in [0.25, 0.3) is 12.2 Å². The summed E-state index contributed by atoms with van der Waals surface area (Å²) in [6.45, 7) is 2.00. The molecule has 5 rings (SSSR count). The predicted octanol–water partition coefficient (Wildman–Crippen LogP) is 0.733. The highest BCUT2D eigenvalue weighted by molar-refractivity contribution is 7.85. The van der Waals surface area contributed by atoms with Gasteiger partial charge in [0.25, 0.3) is 0 Å². The zero-order chi connectivity index (χ0) is 19.4. The molecule has 4 heterocycles. The van der Waals surface area contributed by atoms with Gasteiger partial charge in [-0.3, -0.25) is 13.9 Å². The number of carbonyl (C=O) groups is 1. The van der Waals surface area contributed by atoms with Crippen LogP contribution in [0.1, 0.15) is 43.0 Å². The molecule has 3 unspecified atom stereocenters. The van der Waals surface area contributed by atoms with Gasteiger partial charge in [0.1, 0.15) is 0 Å². The molecule has 1 aromatic rings. The van der Waals surface area contributed by atoms with Crippen LogP contribution in [0.15, 0.2) is 0 Å². The third-order valence-corrected chi connectivity index (χ3v) is 8.64. The summed E-state index contributed by atoms with van der Waals surface area (Å²) in [5, 5.41) is 2.66. The highest BCUT2D eigenvalue weighted by atomic mass is 35.5. The predicted molar refractivity (Wildman–Crippen MR) is 113 cm³/mol. The van der Waals surface area contributed by atoms with Crippen molar-refractivity contribution in [2.75, 3.05) is 31.6 Å². The van der Waals surface area contributed by atoms with Crippen molar-refractivity contribution in [3.8, 4) is 0 Å². The summed E-state index contributed by atoms with van der Waals surface area (Å²) in [6, 6.07) is 1.11. The maximum Gasteiger partial charge on any atom is 0.224 e. The molecule has 7 heteroatoms. The number of carbonyl (C=O) groups excluding carboxylic acids is 1.